The highest BCUT2D eigenvalue weighted by atomic mass is 16.5. The van der Waals surface area contributed by atoms with Gasteiger partial charge in [0.2, 0.25) is 0 Å². The standard InChI is InChI=1S/C15H14O4/c1-10(11-5-3-2-4-6-11)19-15(18)12-7-8-13(16)14(17)9-12/h2-10,16-17H,1H3. The molecule has 1 unspecified atom stereocenters. The molecule has 0 spiro atoms. The van der Waals surface area contributed by atoms with E-state index in [1.165, 1.54) is 18.2 Å². The number of phenolic OH excluding ortho intramolecular Hbond substituents is 2. The molecule has 0 aliphatic carbocycles. The van der Waals surface area contributed by atoms with Gasteiger partial charge in [-0.05, 0) is 30.7 Å². The first-order valence-corrected chi connectivity index (χ1v) is 5.86. The monoisotopic (exact) mass is 258 g/mol. The van der Waals surface area contributed by atoms with Crippen LogP contribution in [0.3, 0.4) is 0 Å². The number of hydrogen-bond acceptors (Lipinski definition) is 4. The molecule has 19 heavy (non-hydrogen) atoms. The number of esters is 1. The van der Waals surface area contributed by atoms with E-state index >= 15 is 0 Å². The van der Waals surface area contributed by atoms with Gasteiger partial charge in [0.15, 0.2) is 11.5 Å². The van der Waals surface area contributed by atoms with Gasteiger partial charge in [0.1, 0.15) is 6.10 Å². The van der Waals surface area contributed by atoms with Gasteiger partial charge in [-0.2, -0.15) is 0 Å². The summed E-state index contributed by atoms with van der Waals surface area (Å²) >= 11 is 0. The van der Waals surface area contributed by atoms with Crippen LogP contribution in [0.25, 0.3) is 0 Å². The molecule has 0 saturated carbocycles. The molecule has 0 aromatic heterocycles. The van der Waals surface area contributed by atoms with Crippen LogP contribution >= 0.6 is 0 Å². The molecule has 0 aliphatic rings. The van der Waals surface area contributed by atoms with E-state index in [1.54, 1.807) is 6.92 Å². The molecule has 0 heterocycles. The van der Waals surface area contributed by atoms with Crippen LogP contribution in [-0.2, 0) is 4.74 Å². The minimum atomic E-state index is -0.549. The maximum Gasteiger partial charge on any atom is 0.338 e. The Kier molecular flexibility index (Phi) is 3.71. The zero-order valence-electron chi connectivity index (χ0n) is 10.4. The van der Waals surface area contributed by atoms with Gasteiger partial charge < -0.3 is 14.9 Å². The smallest absolute Gasteiger partial charge is 0.338 e. The average molecular weight is 258 g/mol. The first kappa shape index (κ1) is 13.0. The maximum atomic E-state index is 11.9. The maximum absolute atomic E-state index is 11.9. The van der Waals surface area contributed by atoms with Crippen molar-refractivity contribution in [3.05, 3.63) is 59.7 Å². The van der Waals surface area contributed by atoms with Crippen molar-refractivity contribution in [3.63, 3.8) is 0 Å². The van der Waals surface area contributed by atoms with Gasteiger partial charge in [-0.3, -0.25) is 0 Å². The van der Waals surface area contributed by atoms with E-state index < -0.39 is 5.97 Å². The van der Waals surface area contributed by atoms with E-state index in [9.17, 15) is 15.0 Å². The molecule has 4 nitrogen and oxygen atoms in total. The van der Waals surface area contributed by atoms with Crippen LogP contribution in [0, 0.1) is 0 Å². The summed E-state index contributed by atoms with van der Waals surface area (Å²) in [6, 6.07) is 13.2. The number of hydrogen-bond donors (Lipinski definition) is 2. The number of carbonyl (C=O) groups excluding carboxylic acids is 1. The largest absolute Gasteiger partial charge is 0.504 e. The average Bonchev–Trinajstić information content (AvgIpc) is 2.42. The topological polar surface area (TPSA) is 66.8 Å². The molecule has 0 radical (unpaired) electrons. The number of ether oxygens (including phenoxy) is 1. The van der Waals surface area contributed by atoms with Crippen molar-refractivity contribution < 1.29 is 19.7 Å². The van der Waals surface area contributed by atoms with Gasteiger partial charge in [-0.1, -0.05) is 30.3 Å². The third-order valence-corrected chi connectivity index (χ3v) is 2.76. The van der Waals surface area contributed by atoms with E-state index in [0.717, 1.165) is 5.56 Å². The van der Waals surface area contributed by atoms with E-state index in [-0.39, 0.29) is 23.2 Å². The molecule has 0 aliphatic heterocycles. The molecule has 98 valence electrons. The van der Waals surface area contributed by atoms with Gasteiger partial charge >= 0.3 is 5.97 Å². The minimum Gasteiger partial charge on any atom is -0.504 e. The van der Waals surface area contributed by atoms with Crippen molar-refractivity contribution in [3.8, 4) is 11.5 Å². The zero-order chi connectivity index (χ0) is 13.8. The molecule has 1 atom stereocenters. The second-order valence-corrected chi connectivity index (χ2v) is 4.16. The number of aromatic hydroxyl groups is 2. The van der Waals surface area contributed by atoms with Crippen molar-refractivity contribution >= 4 is 5.97 Å². The Bertz CT molecular complexity index is 578. The highest BCUT2D eigenvalue weighted by Gasteiger charge is 2.14. The lowest BCUT2D eigenvalue weighted by Gasteiger charge is -2.13. The molecule has 4 heteroatoms. The van der Waals surface area contributed by atoms with E-state index in [4.69, 9.17) is 4.74 Å². The quantitative estimate of drug-likeness (QED) is 0.656. The molecule has 2 aromatic carbocycles. The molecule has 0 bridgehead atoms. The minimum absolute atomic E-state index is 0.193. The second kappa shape index (κ2) is 5.44. The number of carbonyl (C=O) groups is 1. The fourth-order valence-electron chi connectivity index (χ4n) is 1.67. The number of rotatable bonds is 3. The van der Waals surface area contributed by atoms with Crippen LogP contribution in [0.2, 0.25) is 0 Å². The highest BCUT2D eigenvalue weighted by Crippen LogP contribution is 2.26. The van der Waals surface area contributed by atoms with Crippen LogP contribution in [0.1, 0.15) is 28.9 Å². The van der Waals surface area contributed by atoms with Crippen molar-refractivity contribution in [2.45, 2.75) is 13.0 Å². The summed E-state index contributed by atoms with van der Waals surface area (Å²) < 4.78 is 5.29. The summed E-state index contributed by atoms with van der Waals surface area (Å²) in [5.74, 6) is -1.17. The Morgan fingerprint density at radius 2 is 1.74 bits per heavy atom. The Hall–Kier alpha value is -2.49. The van der Waals surface area contributed by atoms with E-state index in [0.29, 0.717) is 0 Å². The molecule has 2 aromatic rings. The fraction of sp³-hybridized carbons (Fsp3) is 0.133. The molecular formula is C15H14O4. The molecule has 0 fully saturated rings. The van der Waals surface area contributed by atoms with Crippen molar-refractivity contribution in [2.75, 3.05) is 0 Å². The predicted octanol–water partition coefficient (Wildman–Crippen LogP) is 3.02. The summed E-state index contributed by atoms with van der Waals surface area (Å²) in [6.07, 6.45) is -0.385. The lowest BCUT2D eigenvalue weighted by Crippen LogP contribution is -2.09. The lowest BCUT2D eigenvalue weighted by atomic mass is 10.1. The second-order valence-electron chi connectivity index (χ2n) is 4.16. The van der Waals surface area contributed by atoms with Gasteiger partial charge in [0.25, 0.3) is 0 Å². The summed E-state index contributed by atoms with van der Waals surface area (Å²) in [6.45, 7) is 1.77. The first-order chi connectivity index (χ1) is 9.08. The molecule has 0 saturated heterocycles. The van der Waals surface area contributed by atoms with Crippen molar-refractivity contribution in [2.24, 2.45) is 0 Å². The summed E-state index contributed by atoms with van der Waals surface area (Å²) in [4.78, 5) is 11.9. The van der Waals surface area contributed by atoms with E-state index in [1.807, 2.05) is 30.3 Å². The zero-order valence-corrected chi connectivity index (χ0v) is 10.4. The van der Waals surface area contributed by atoms with Crippen molar-refractivity contribution in [1.29, 1.82) is 0 Å². The van der Waals surface area contributed by atoms with E-state index in [2.05, 4.69) is 0 Å². The molecule has 0 amide bonds. The van der Waals surface area contributed by atoms with Crippen molar-refractivity contribution in [1.82, 2.24) is 0 Å². The van der Waals surface area contributed by atoms with Crippen LogP contribution in [0.15, 0.2) is 48.5 Å². The Balaban J connectivity index is 2.11. The predicted molar refractivity (Wildman–Crippen MR) is 70.0 cm³/mol. The van der Waals surface area contributed by atoms with Gasteiger partial charge in [0, 0.05) is 0 Å². The third kappa shape index (κ3) is 3.04. The SMILES string of the molecule is CC(OC(=O)c1ccc(O)c(O)c1)c1ccccc1. The lowest BCUT2D eigenvalue weighted by molar-refractivity contribution is 0.0337. The first-order valence-electron chi connectivity index (χ1n) is 5.86. The summed E-state index contributed by atoms with van der Waals surface area (Å²) in [7, 11) is 0. The van der Waals surface area contributed by atoms with Gasteiger partial charge in [0.05, 0.1) is 5.56 Å². The normalized spacial score (nSPS) is 11.8. The molecular weight excluding hydrogens is 244 g/mol. The van der Waals surface area contributed by atoms with Crippen LogP contribution in [0.4, 0.5) is 0 Å². The molecule has 2 rings (SSSR count). The van der Waals surface area contributed by atoms with Crippen LogP contribution in [0.5, 0.6) is 11.5 Å². The third-order valence-electron chi connectivity index (χ3n) is 2.76. The Morgan fingerprint density at radius 3 is 2.37 bits per heavy atom. The fourth-order valence-corrected chi connectivity index (χ4v) is 1.67. The van der Waals surface area contributed by atoms with Crippen LogP contribution in [-0.4, -0.2) is 16.2 Å². The summed E-state index contributed by atoms with van der Waals surface area (Å²) in [5.41, 5.74) is 1.08. The highest BCUT2D eigenvalue weighted by molar-refractivity contribution is 5.90. The molecule has 2 N–H and O–H groups in total. The number of phenols is 2. The Morgan fingerprint density at radius 1 is 1.05 bits per heavy atom. The van der Waals surface area contributed by atoms with Crippen LogP contribution < -0.4 is 0 Å². The Labute approximate surface area is 110 Å². The summed E-state index contributed by atoms with van der Waals surface area (Å²) in [5, 5.41) is 18.5. The number of benzene rings is 2. The van der Waals surface area contributed by atoms with Gasteiger partial charge in [-0.25, -0.2) is 4.79 Å². The van der Waals surface area contributed by atoms with Gasteiger partial charge in [-0.15, -0.1) is 0 Å².